The molecule has 5 nitrogen and oxygen atoms in total. The summed E-state index contributed by atoms with van der Waals surface area (Å²) in [6, 6.07) is 20.6. The second-order valence-corrected chi connectivity index (χ2v) is 6.22. The molecule has 0 unspecified atom stereocenters. The van der Waals surface area contributed by atoms with Crippen LogP contribution in [0.4, 0.5) is 0 Å². The molecule has 0 aliphatic rings. The molecule has 0 aliphatic carbocycles. The van der Waals surface area contributed by atoms with Crippen LogP contribution >= 0.6 is 0 Å². The first-order chi connectivity index (χ1) is 12.9. The molecule has 3 aromatic carbocycles. The largest absolute Gasteiger partial charge is 0.456 e. The van der Waals surface area contributed by atoms with Gasteiger partial charge in [-0.25, -0.2) is 15.0 Å². The van der Waals surface area contributed by atoms with Crippen molar-refractivity contribution in [2.24, 2.45) is 0 Å². The van der Waals surface area contributed by atoms with Crippen molar-refractivity contribution in [1.29, 1.82) is 0 Å². The van der Waals surface area contributed by atoms with Crippen LogP contribution in [0.15, 0.2) is 77.7 Å². The standard InChI is InChI=1S/C21H12N4O/c1-3-7-16-13(5-1)14-9-10-18-19(15-6-2-4-8-17(15)26-18)20(14)25(16)21-23-11-22-12-24-21/h1-12H. The lowest BCUT2D eigenvalue weighted by atomic mass is 10.1. The summed E-state index contributed by atoms with van der Waals surface area (Å²) in [4.78, 5) is 12.8. The van der Waals surface area contributed by atoms with Gasteiger partial charge in [0.15, 0.2) is 0 Å². The first-order valence-corrected chi connectivity index (χ1v) is 8.37. The molecule has 6 aromatic rings. The van der Waals surface area contributed by atoms with Crippen LogP contribution in [0.3, 0.4) is 0 Å². The number of rotatable bonds is 1. The Labute approximate surface area is 147 Å². The Kier molecular flexibility index (Phi) is 2.55. The van der Waals surface area contributed by atoms with Gasteiger partial charge in [0.2, 0.25) is 5.95 Å². The lowest BCUT2D eigenvalue weighted by molar-refractivity contribution is 0.669. The Bertz CT molecular complexity index is 1430. The zero-order valence-corrected chi connectivity index (χ0v) is 13.6. The third-order valence-electron chi connectivity index (χ3n) is 4.85. The van der Waals surface area contributed by atoms with Crippen molar-refractivity contribution in [3.05, 3.63) is 73.3 Å². The number of para-hydroxylation sites is 2. The van der Waals surface area contributed by atoms with Crippen LogP contribution in [0, 0.1) is 0 Å². The van der Waals surface area contributed by atoms with E-state index in [2.05, 4.69) is 49.9 Å². The van der Waals surface area contributed by atoms with Crippen LogP contribution in [0.25, 0.3) is 49.7 Å². The predicted molar refractivity (Wildman–Crippen MR) is 101 cm³/mol. The van der Waals surface area contributed by atoms with E-state index in [1.165, 1.54) is 12.7 Å². The summed E-state index contributed by atoms with van der Waals surface area (Å²) in [6.07, 6.45) is 3.05. The maximum atomic E-state index is 6.08. The molecule has 5 heteroatoms. The average Bonchev–Trinajstić information content (AvgIpc) is 3.24. The molecular formula is C21H12N4O. The molecule has 0 bridgehead atoms. The third-order valence-corrected chi connectivity index (χ3v) is 4.85. The van der Waals surface area contributed by atoms with Gasteiger partial charge in [0.1, 0.15) is 23.8 Å². The molecule has 0 amide bonds. The summed E-state index contributed by atoms with van der Waals surface area (Å²) in [5.74, 6) is 0.601. The Morgan fingerprint density at radius 1 is 0.692 bits per heavy atom. The Morgan fingerprint density at radius 2 is 1.46 bits per heavy atom. The SMILES string of the molecule is c1ccc2c(c1)oc1ccc3c4ccccc4n(-c4ncncn4)c3c12. The molecule has 0 aliphatic heterocycles. The number of nitrogens with zero attached hydrogens (tertiary/aromatic N) is 4. The van der Waals surface area contributed by atoms with Gasteiger partial charge >= 0.3 is 0 Å². The molecule has 3 heterocycles. The van der Waals surface area contributed by atoms with Crippen molar-refractivity contribution in [3.8, 4) is 5.95 Å². The Morgan fingerprint density at radius 3 is 2.35 bits per heavy atom. The highest BCUT2D eigenvalue weighted by atomic mass is 16.3. The predicted octanol–water partition coefficient (Wildman–Crippen LogP) is 4.87. The molecule has 0 N–H and O–H groups in total. The fourth-order valence-electron chi connectivity index (χ4n) is 3.82. The topological polar surface area (TPSA) is 56.7 Å². The minimum absolute atomic E-state index is 0.601. The molecule has 122 valence electrons. The van der Waals surface area contributed by atoms with Crippen molar-refractivity contribution in [2.75, 3.05) is 0 Å². The molecule has 0 fully saturated rings. The van der Waals surface area contributed by atoms with Crippen molar-refractivity contribution in [3.63, 3.8) is 0 Å². The normalized spacial score (nSPS) is 11.8. The van der Waals surface area contributed by atoms with Gasteiger partial charge in [-0.15, -0.1) is 0 Å². The molecule has 0 spiro atoms. The quantitative estimate of drug-likeness (QED) is 0.430. The van der Waals surface area contributed by atoms with Gasteiger partial charge in [0, 0.05) is 16.2 Å². The van der Waals surface area contributed by atoms with Gasteiger partial charge in [-0.05, 0) is 24.3 Å². The smallest absolute Gasteiger partial charge is 0.237 e. The zero-order valence-electron chi connectivity index (χ0n) is 13.6. The third kappa shape index (κ3) is 1.66. The number of furan rings is 1. The van der Waals surface area contributed by atoms with Crippen LogP contribution in [0.2, 0.25) is 0 Å². The van der Waals surface area contributed by atoms with E-state index in [1.54, 1.807) is 0 Å². The van der Waals surface area contributed by atoms with Crippen LogP contribution < -0.4 is 0 Å². The number of benzene rings is 3. The highest BCUT2D eigenvalue weighted by Crippen LogP contribution is 2.39. The van der Waals surface area contributed by atoms with E-state index in [4.69, 9.17) is 4.42 Å². The van der Waals surface area contributed by atoms with Gasteiger partial charge in [0.25, 0.3) is 0 Å². The lowest BCUT2D eigenvalue weighted by Crippen LogP contribution is -2.00. The molecule has 3 aromatic heterocycles. The van der Waals surface area contributed by atoms with Crippen LogP contribution in [-0.4, -0.2) is 19.5 Å². The summed E-state index contributed by atoms with van der Waals surface area (Å²) in [7, 11) is 0. The van der Waals surface area contributed by atoms with E-state index >= 15 is 0 Å². The van der Waals surface area contributed by atoms with Gasteiger partial charge in [-0.1, -0.05) is 36.4 Å². The van der Waals surface area contributed by atoms with Crippen molar-refractivity contribution in [2.45, 2.75) is 0 Å². The summed E-state index contributed by atoms with van der Waals surface area (Å²) in [6.45, 7) is 0. The Balaban J connectivity index is 1.96. The summed E-state index contributed by atoms with van der Waals surface area (Å²) in [5.41, 5.74) is 3.85. The van der Waals surface area contributed by atoms with Crippen molar-refractivity contribution >= 4 is 43.7 Å². The molecule has 0 saturated carbocycles. The van der Waals surface area contributed by atoms with Crippen molar-refractivity contribution < 1.29 is 4.42 Å². The number of hydrogen-bond donors (Lipinski definition) is 0. The Hall–Kier alpha value is -3.73. The second-order valence-electron chi connectivity index (χ2n) is 6.22. The van der Waals surface area contributed by atoms with E-state index in [0.29, 0.717) is 5.95 Å². The summed E-state index contributed by atoms with van der Waals surface area (Å²) in [5, 5.41) is 4.48. The second kappa shape index (κ2) is 4.89. The van der Waals surface area contributed by atoms with Gasteiger partial charge in [0.05, 0.1) is 16.4 Å². The lowest BCUT2D eigenvalue weighted by Gasteiger charge is -2.05. The maximum absolute atomic E-state index is 6.08. The van der Waals surface area contributed by atoms with E-state index < -0.39 is 0 Å². The molecule has 26 heavy (non-hydrogen) atoms. The number of fused-ring (bicyclic) bond motifs is 7. The van der Waals surface area contributed by atoms with E-state index in [0.717, 1.165) is 43.7 Å². The van der Waals surface area contributed by atoms with E-state index in [-0.39, 0.29) is 0 Å². The maximum Gasteiger partial charge on any atom is 0.237 e. The highest BCUT2D eigenvalue weighted by Gasteiger charge is 2.19. The average molecular weight is 336 g/mol. The minimum Gasteiger partial charge on any atom is -0.456 e. The number of aromatic nitrogens is 4. The van der Waals surface area contributed by atoms with Gasteiger partial charge < -0.3 is 4.42 Å². The molecule has 0 saturated heterocycles. The van der Waals surface area contributed by atoms with Crippen LogP contribution in [-0.2, 0) is 0 Å². The van der Waals surface area contributed by atoms with E-state index in [9.17, 15) is 0 Å². The summed E-state index contributed by atoms with van der Waals surface area (Å²) >= 11 is 0. The molecular weight excluding hydrogens is 324 g/mol. The zero-order chi connectivity index (χ0) is 17.1. The molecule has 0 atom stereocenters. The van der Waals surface area contributed by atoms with Gasteiger partial charge in [-0.2, -0.15) is 0 Å². The molecule has 6 rings (SSSR count). The van der Waals surface area contributed by atoms with E-state index in [1.807, 2.05) is 30.3 Å². The monoisotopic (exact) mass is 336 g/mol. The number of hydrogen-bond acceptors (Lipinski definition) is 4. The minimum atomic E-state index is 0.601. The van der Waals surface area contributed by atoms with Crippen LogP contribution in [0.5, 0.6) is 0 Å². The summed E-state index contributed by atoms with van der Waals surface area (Å²) < 4.78 is 8.17. The van der Waals surface area contributed by atoms with Crippen molar-refractivity contribution in [1.82, 2.24) is 19.5 Å². The van der Waals surface area contributed by atoms with Gasteiger partial charge in [-0.3, -0.25) is 4.57 Å². The first kappa shape index (κ1) is 13.5. The fourth-order valence-corrected chi connectivity index (χ4v) is 3.82. The highest BCUT2D eigenvalue weighted by molar-refractivity contribution is 6.24. The molecule has 0 radical (unpaired) electrons. The first-order valence-electron chi connectivity index (χ1n) is 8.37. The fraction of sp³-hybridized carbons (Fsp3) is 0. The van der Waals surface area contributed by atoms with Crippen LogP contribution in [0.1, 0.15) is 0 Å².